The van der Waals surface area contributed by atoms with Crippen LogP contribution in [0, 0.1) is 0 Å². The van der Waals surface area contributed by atoms with Crippen molar-refractivity contribution < 1.29 is 18.8 Å². The maximum atomic E-state index is 15.5. The number of alkyl halides is 1. The summed E-state index contributed by atoms with van der Waals surface area (Å²) in [5, 5.41) is 11.4. The summed E-state index contributed by atoms with van der Waals surface area (Å²) in [7, 11) is -2.17. The van der Waals surface area contributed by atoms with Crippen LogP contribution in [-0.2, 0) is 4.57 Å². The van der Waals surface area contributed by atoms with Gasteiger partial charge in [0, 0.05) is 10.6 Å². The van der Waals surface area contributed by atoms with Crippen molar-refractivity contribution in [2.75, 3.05) is 7.11 Å². The molecule has 3 rings (SSSR count). The molecule has 3 aromatic carbocycles. The van der Waals surface area contributed by atoms with Crippen molar-refractivity contribution in [3.05, 3.63) is 90.5 Å². The number of halogens is 1. The van der Waals surface area contributed by atoms with Crippen molar-refractivity contribution in [2.24, 2.45) is 0 Å². The van der Waals surface area contributed by atoms with E-state index in [1.807, 2.05) is 0 Å². The quantitative estimate of drug-likeness (QED) is 0.666. The summed E-state index contributed by atoms with van der Waals surface area (Å²) in [5.74, 6) is -1.37. The van der Waals surface area contributed by atoms with E-state index in [4.69, 9.17) is 4.74 Å². The fourth-order valence-electron chi connectivity index (χ4n) is 2.89. The molecule has 0 radical (unpaired) electrons. The molecule has 0 aliphatic heterocycles. The van der Waals surface area contributed by atoms with Crippen LogP contribution in [0.15, 0.2) is 84.9 Å². The summed E-state index contributed by atoms with van der Waals surface area (Å²) in [5.41, 5.74) is 0.352. The number of aliphatic hydroxyl groups excluding tert-OH is 1. The van der Waals surface area contributed by atoms with Crippen LogP contribution < -0.4 is 15.3 Å². The highest BCUT2D eigenvalue weighted by molar-refractivity contribution is 7.79. The molecule has 0 saturated carbocycles. The van der Waals surface area contributed by atoms with Gasteiger partial charge in [-0.2, -0.15) is 0 Å². The van der Waals surface area contributed by atoms with Crippen LogP contribution in [0.5, 0.6) is 5.75 Å². The minimum atomic E-state index is -3.70. The standard InChI is InChI=1S/C21H20FO3P/c1-25-17-14-12-16(13-15-17)20(23)21(22)26(24,18-8-4-2-5-9-18)19-10-6-3-7-11-19/h2-15,20-21,23H,1H3/t20-,21+/m0/s1. The van der Waals surface area contributed by atoms with Gasteiger partial charge in [0.1, 0.15) is 11.9 Å². The molecule has 0 fully saturated rings. The highest BCUT2D eigenvalue weighted by Crippen LogP contribution is 2.53. The molecule has 3 nitrogen and oxygen atoms in total. The Kier molecular flexibility index (Phi) is 5.55. The number of hydrogen-bond acceptors (Lipinski definition) is 3. The molecule has 0 aliphatic carbocycles. The number of hydrogen-bond donors (Lipinski definition) is 1. The van der Waals surface area contributed by atoms with Crippen LogP contribution in [0.4, 0.5) is 4.39 Å². The van der Waals surface area contributed by atoms with E-state index < -0.39 is 19.2 Å². The highest BCUT2D eigenvalue weighted by Gasteiger charge is 2.42. The average Bonchev–Trinajstić information content (AvgIpc) is 2.73. The third kappa shape index (κ3) is 3.44. The van der Waals surface area contributed by atoms with Crippen LogP contribution in [0.2, 0.25) is 0 Å². The van der Waals surface area contributed by atoms with Crippen molar-refractivity contribution in [3.63, 3.8) is 0 Å². The summed E-state index contributed by atoms with van der Waals surface area (Å²) in [4.78, 5) is 0. The molecular weight excluding hydrogens is 350 g/mol. The molecule has 0 aromatic heterocycles. The van der Waals surface area contributed by atoms with Crippen LogP contribution in [0.1, 0.15) is 11.7 Å². The Morgan fingerprint density at radius 1 is 0.846 bits per heavy atom. The number of aliphatic hydroxyl groups is 1. The highest BCUT2D eigenvalue weighted by atomic mass is 31.2. The van der Waals surface area contributed by atoms with Crippen molar-refractivity contribution in [1.82, 2.24) is 0 Å². The first kappa shape index (κ1) is 18.4. The molecule has 0 unspecified atom stereocenters. The Hall–Kier alpha value is -2.42. The largest absolute Gasteiger partial charge is 0.497 e. The normalized spacial score (nSPS) is 13.8. The lowest BCUT2D eigenvalue weighted by Crippen LogP contribution is -2.27. The summed E-state index contributed by atoms with van der Waals surface area (Å²) in [6.45, 7) is 0. The summed E-state index contributed by atoms with van der Waals surface area (Å²) in [6.07, 6.45) is -1.52. The maximum absolute atomic E-state index is 15.5. The van der Waals surface area contributed by atoms with Crippen LogP contribution >= 0.6 is 7.14 Å². The second kappa shape index (κ2) is 7.86. The van der Waals surface area contributed by atoms with E-state index in [0.29, 0.717) is 21.9 Å². The third-order valence-electron chi connectivity index (χ3n) is 4.34. The third-order valence-corrected chi connectivity index (χ3v) is 7.45. The molecule has 0 amide bonds. The van der Waals surface area contributed by atoms with Crippen molar-refractivity contribution >= 4 is 17.8 Å². The van der Waals surface area contributed by atoms with E-state index in [1.165, 1.54) is 7.11 Å². The molecule has 5 heteroatoms. The van der Waals surface area contributed by atoms with Crippen molar-refractivity contribution in [3.8, 4) is 5.75 Å². The molecule has 0 heterocycles. The molecule has 0 bridgehead atoms. The number of rotatable bonds is 6. The van der Waals surface area contributed by atoms with Gasteiger partial charge in [-0.05, 0) is 17.7 Å². The zero-order chi connectivity index (χ0) is 18.6. The van der Waals surface area contributed by atoms with Crippen molar-refractivity contribution in [2.45, 2.75) is 12.0 Å². The van der Waals surface area contributed by atoms with Gasteiger partial charge in [-0.25, -0.2) is 4.39 Å². The number of benzene rings is 3. The molecule has 26 heavy (non-hydrogen) atoms. The van der Waals surface area contributed by atoms with Gasteiger partial charge < -0.3 is 14.4 Å². The monoisotopic (exact) mass is 370 g/mol. The maximum Gasteiger partial charge on any atom is 0.190 e. The van der Waals surface area contributed by atoms with Gasteiger partial charge >= 0.3 is 0 Å². The Morgan fingerprint density at radius 2 is 1.31 bits per heavy atom. The molecular formula is C21H20FO3P. The predicted molar refractivity (Wildman–Crippen MR) is 103 cm³/mol. The minimum absolute atomic E-state index is 0.352. The Bertz CT molecular complexity index is 839. The van der Waals surface area contributed by atoms with Gasteiger partial charge in [0.15, 0.2) is 13.1 Å². The fourth-order valence-corrected chi connectivity index (χ4v) is 5.56. The lowest BCUT2D eigenvalue weighted by atomic mass is 10.1. The molecule has 1 N–H and O–H groups in total. The van der Waals surface area contributed by atoms with Gasteiger partial charge in [0.05, 0.1) is 7.11 Å². The lowest BCUT2D eigenvalue weighted by molar-refractivity contribution is 0.119. The van der Waals surface area contributed by atoms with Gasteiger partial charge in [-0.3, -0.25) is 0 Å². The molecule has 134 valence electrons. The van der Waals surface area contributed by atoms with Crippen LogP contribution in [0.3, 0.4) is 0 Å². The van der Waals surface area contributed by atoms with E-state index in [0.717, 1.165) is 0 Å². The smallest absolute Gasteiger partial charge is 0.190 e. The summed E-state index contributed by atoms with van der Waals surface area (Å²) >= 11 is 0. The second-order valence-corrected chi connectivity index (χ2v) is 8.76. The van der Waals surface area contributed by atoms with E-state index >= 15 is 4.39 Å². The van der Waals surface area contributed by atoms with Crippen LogP contribution in [-0.4, -0.2) is 18.1 Å². The minimum Gasteiger partial charge on any atom is -0.497 e. The molecule has 0 spiro atoms. The zero-order valence-electron chi connectivity index (χ0n) is 14.3. The van der Waals surface area contributed by atoms with E-state index in [-0.39, 0.29) is 0 Å². The lowest BCUT2D eigenvalue weighted by Gasteiger charge is -2.27. The average molecular weight is 370 g/mol. The van der Waals surface area contributed by atoms with E-state index in [2.05, 4.69) is 0 Å². The van der Waals surface area contributed by atoms with Crippen molar-refractivity contribution in [1.29, 1.82) is 0 Å². The van der Waals surface area contributed by atoms with Gasteiger partial charge in [-0.1, -0.05) is 72.8 Å². The first-order valence-corrected chi connectivity index (χ1v) is 10.0. The summed E-state index contributed by atoms with van der Waals surface area (Å²) in [6, 6.07) is 23.4. The Balaban J connectivity index is 2.05. The SMILES string of the molecule is COc1ccc([C@H](O)[C@H](F)P(=O)(c2ccccc2)c2ccccc2)cc1. The number of ether oxygens (including phenoxy) is 1. The molecule has 0 aliphatic rings. The van der Waals surface area contributed by atoms with Gasteiger partial charge in [-0.15, -0.1) is 0 Å². The first-order valence-electron chi connectivity index (χ1n) is 8.24. The summed E-state index contributed by atoms with van der Waals surface area (Å²) < 4.78 is 34.5. The van der Waals surface area contributed by atoms with Crippen LogP contribution in [0.25, 0.3) is 0 Å². The Morgan fingerprint density at radius 3 is 1.73 bits per heavy atom. The molecule has 2 atom stereocenters. The van der Waals surface area contributed by atoms with E-state index in [9.17, 15) is 9.67 Å². The number of methoxy groups -OCH3 is 1. The fraction of sp³-hybridized carbons (Fsp3) is 0.143. The predicted octanol–water partition coefficient (Wildman–Crippen LogP) is 4.04. The van der Waals surface area contributed by atoms with Gasteiger partial charge in [0.25, 0.3) is 0 Å². The molecule has 3 aromatic rings. The van der Waals surface area contributed by atoms with Gasteiger partial charge in [0.2, 0.25) is 0 Å². The second-order valence-electron chi connectivity index (χ2n) is 5.92. The Labute approximate surface area is 152 Å². The molecule has 0 saturated heterocycles. The zero-order valence-corrected chi connectivity index (χ0v) is 15.2. The topological polar surface area (TPSA) is 46.5 Å². The first-order chi connectivity index (χ1) is 12.6. The van der Waals surface area contributed by atoms with E-state index in [1.54, 1.807) is 84.9 Å².